The molecule has 0 N–H and O–H groups in total. The molecule has 0 aliphatic rings. The number of allylic oxidation sites excluding steroid dienone is 1. The Morgan fingerprint density at radius 2 is 1.75 bits per heavy atom. The predicted octanol–water partition coefficient (Wildman–Crippen LogP) is 5.92. The molecule has 4 nitrogen and oxygen atoms in total. The molecule has 0 saturated heterocycles. The molecule has 1 aromatic carbocycles. The van der Waals surface area contributed by atoms with Crippen molar-refractivity contribution in [1.29, 1.82) is 0 Å². The van der Waals surface area contributed by atoms with Crippen LogP contribution in [-0.2, 0) is 0 Å². The number of carbonyl (C=O) groups is 1. The van der Waals surface area contributed by atoms with E-state index in [9.17, 15) is 9.18 Å². The first-order valence-electron chi connectivity index (χ1n) is 9.60. The normalized spacial score (nSPS) is 10.5. The molecular formula is C23H30FN3O. The maximum atomic E-state index is 14.3. The molecule has 2 heterocycles. The summed E-state index contributed by atoms with van der Waals surface area (Å²) >= 11 is 0. The standard InChI is InChI=1S/C19H18FN3O.2C2H6/c1-13-7-6-8-14(11-13)18-17(19(24)15(20)12-22(2)3)16-9-4-5-10-23(16)21-18;2*1-2/h4-12H,1-3H3;2*1-2H3. The van der Waals surface area contributed by atoms with Crippen LogP contribution in [0.5, 0.6) is 0 Å². The van der Waals surface area contributed by atoms with Crippen molar-refractivity contribution in [3.05, 3.63) is 71.8 Å². The van der Waals surface area contributed by atoms with Gasteiger partial charge in [-0.2, -0.15) is 5.10 Å². The number of fused-ring (bicyclic) bond motifs is 1. The van der Waals surface area contributed by atoms with Crippen molar-refractivity contribution in [2.45, 2.75) is 34.6 Å². The van der Waals surface area contributed by atoms with Crippen molar-refractivity contribution >= 4 is 11.3 Å². The van der Waals surface area contributed by atoms with Gasteiger partial charge in [-0.15, -0.1) is 0 Å². The van der Waals surface area contributed by atoms with Crippen LogP contribution in [0.15, 0.2) is 60.7 Å². The molecule has 0 radical (unpaired) electrons. The van der Waals surface area contributed by atoms with Crippen LogP contribution < -0.4 is 0 Å². The van der Waals surface area contributed by atoms with Gasteiger partial charge in [0.2, 0.25) is 5.78 Å². The van der Waals surface area contributed by atoms with Crippen molar-refractivity contribution in [2.24, 2.45) is 0 Å². The number of nitrogens with zero attached hydrogens (tertiary/aromatic N) is 3. The predicted molar refractivity (Wildman–Crippen MR) is 115 cm³/mol. The van der Waals surface area contributed by atoms with E-state index in [1.54, 1.807) is 36.9 Å². The molecule has 0 bridgehead atoms. The average Bonchev–Trinajstić information content (AvgIpc) is 3.09. The number of rotatable bonds is 4. The van der Waals surface area contributed by atoms with Crippen LogP contribution in [0.1, 0.15) is 43.6 Å². The number of benzene rings is 1. The molecule has 0 saturated carbocycles. The SMILES string of the molecule is CC.CC.Cc1cccc(-c2nn3ccccc3c2C(=O)C(F)=CN(C)C)c1. The van der Waals surface area contributed by atoms with Crippen molar-refractivity contribution in [1.82, 2.24) is 14.5 Å². The van der Waals surface area contributed by atoms with Crippen molar-refractivity contribution < 1.29 is 9.18 Å². The molecule has 150 valence electrons. The molecule has 0 atom stereocenters. The molecule has 0 aliphatic heterocycles. The fourth-order valence-corrected chi connectivity index (χ4v) is 2.62. The molecule has 28 heavy (non-hydrogen) atoms. The van der Waals surface area contributed by atoms with E-state index >= 15 is 0 Å². The lowest BCUT2D eigenvalue weighted by atomic mass is 10.0. The van der Waals surface area contributed by atoms with E-state index in [1.165, 1.54) is 11.1 Å². The second kappa shape index (κ2) is 11.0. The summed E-state index contributed by atoms with van der Waals surface area (Å²) in [7, 11) is 3.34. The minimum atomic E-state index is -0.812. The molecule has 5 heteroatoms. The van der Waals surface area contributed by atoms with Gasteiger partial charge in [0.1, 0.15) is 5.69 Å². The Morgan fingerprint density at radius 1 is 1.07 bits per heavy atom. The zero-order valence-corrected chi connectivity index (χ0v) is 17.8. The zero-order chi connectivity index (χ0) is 21.3. The van der Waals surface area contributed by atoms with Gasteiger partial charge in [-0.1, -0.05) is 57.5 Å². The highest BCUT2D eigenvalue weighted by Crippen LogP contribution is 2.29. The Hall–Kier alpha value is -2.95. The number of carbonyl (C=O) groups excluding carboxylic acids is 1. The van der Waals surface area contributed by atoms with E-state index < -0.39 is 11.6 Å². The minimum Gasteiger partial charge on any atom is -0.381 e. The molecule has 0 unspecified atom stereocenters. The molecule has 0 amide bonds. The number of ketones is 1. The monoisotopic (exact) mass is 383 g/mol. The van der Waals surface area contributed by atoms with Crippen molar-refractivity contribution in [3.63, 3.8) is 0 Å². The Labute approximate surface area is 167 Å². The van der Waals surface area contributed by atoms with Gasteiger partial charge < -0.3 is 4.90 Å². The molecule has 3 rings (SSSR count). The average molecular weight is 384 g/mol. The van der Waals surface area contributed by atoms with Crippen LogP contribution in [-0.4, -0.2) is 34.4 Å². The van der Waals surface area contributed by atoms with Crippen molar-refractivity contribution in [3.8, 4) is 11.3 Å². The summed E-state index contributed by atoms with van der Waals surface area (Å²) in [6.45, 7) is 9.97. The van der Waals surface area contributed by atoms with E-state index in [1.807, 2.05) is 65.0 Å². The lowest BCUT2D eigenvalue weighted by molar-refractivity contribution is 0.100. The molecule has 0 spiro atoms. The molecule has 0 aliphatic carbocycles. The first-order valence-corrected chi connectivity index (χ1v) is 9.60. The maximum Gasteiger partial charge on any atom is 0.227 e. The van der Waals surface area contributed by atoms with E-state index in [2.05, 4.69) is 5.10 Å². The third-order valence-corrected chi connectivity index (χ3v) is 3.65. The summed E-state index contributed by atoms with van der Waals surface area (Å²) in [6.07, 6.45) is 2.92. The molecule has 2 aromatic heterocycles. The second-order valence-corrected chi connectivity index (χ2v) is 5.89. The fourth-order valence-electron chi connectivity index (χ4n) is 2.62. The third kappa shape index (κ3) is 5.28. The first-order chi connectivity index (χ1) is 13.5. The largest absolute Gasteiger partial charge is 0.381 e. The first kappa shape index (κ1) is 23.1. The summed E-state index contributed by atoms with van der Waals surface area (Å²) in [5.41, 5.74) is 3.18. The van der Waals surface area contributed by atoms with Gasteiger partial charge in [0.25, 0.3) is 0 Å². The number of aromatic nitrogens is 2. The third-order valence-electron chi connectivity index (χ3n) is 3.65. The summed E-state index contributed by atoms with van der Waals surface area (Å²) in [6, 6.07) is 13.1. The van der Waals surface area contributed by atoms with E-state index in [0.717, 1.165) is 11.1 Å². The number of pyridine rings is 1. The number of halogens is 1. The van der Waals surface area contributed by atoms with Crippen LogP contribution in [0.4, 0.5) is 4.39 Å². The topological polar surface area (TPSA) is 37.6 Å². The summed E-state index contributed by atoms with van der Waals surface area (Å²) < 4.78 is 16.0. The molecule has 0 fully saturated rings. The van der Waals surface area contributed by atoms with E-state index in [4.69, 9.17) is 0 Å². The Kier molecular flexibility index (Phi) is 9.09. The highest BCUT2D eigenvalue weighted by atomic mass is 19.1. The highest BCUT2D eigenvalue weighted by molar-refractivity contribution is 6.15. The van der Waals surface area contributed by atoms with Crippen LogP contribution >= 0.6 is 0 Å². The van der Waals surface area contributed by atoms with Gasteiger partial charge >= 0.3 is 0 Å². The van der Waals surface area contributed by atoms with E-state index in [0.29, 0.717) is 11.2 Å². The van der Waals surface area contributed by atoms with E-state index in [-0.39, 0.29) is 5.56 Å². The smallest absolute Gasteiger partial charge is 0.227 e. The van der Waals surface area contributed by atoms with Crippen LogP contribution in [0.25, 0.3) is 16.8 Å². The zero-order valence-electron chi connectivity index (χ0n) is 17.8. The van der Waals surface area contributed by atoms with Gasteiger partial charge in [-0.05, 0) is 25.1 Å². The van der Waals surface area contributed by atoms with Gasteiger partial charge in [-0.25, -0.2) is 8.91 Å². The number of hydrogen-bond acceptors (Lipinski definition) is 3. The molecule has 3 aromatic rings. The lowest BCUT2D eigenvalue weighted by Crippen LogP contribution is -2.08. The second-order valence-electron chi connectivity index (χ2n) is 5.89. The number of aryl methyl sites for hydroxylation is 1. The van der Waals surface area contributed by atoms with Crippen LogP contribution in [0.3, 0.4) is 0 Å². The van der Waals surface area contributed by atoms with Gasteiger partial charge in [0, 0.05) is 32.1 Å². The Balaban J connectivity index is 0.000000921. The highest BCUT2D eigenvalue weighted by Gasteiger charge is 2.24. The minimum absolute atomic E-state index is 0.275. The quantitative estimate of drug-likeness (QED) is 0.415. The summed E-state index contributed by atoms with van der Waals surface area (Å²) in [5, 5.41) is 4.49. The molecular weight excluding hydrogens is 353 g/mol. The fraction of sp³-hybridized carbons (Fsp3) is 0.304. The summed E-state index contributed by atoms with van der Waals surface area (Å²) in [5.74, 6) is -1.48. The van der Waals surface area contributed by atoms with Gasteiger partial charge in [0.15, 0.2) is 5.83 Å². The Morgan fingerprint density at radius 3 is 2.36 bits per heavy atom. The lowest BCUT2D eigenvalue weighted by Gasteiger charge is -2.06. The van der Waals surface area contributed by atoms with Gasteiger partial charge in [-0.3, -0.25) is 4.79 Å². The number of hydrogen-bond donors (Lipinski definition) is 0. The Bertz CT molecular complexity index is 942. The summed E-state index contributed by atoms with van der Waals surface area (Å²) in [4.78, 5) is 14.2. The maximum absolute atomic E-state index is 14.3. The number of Topliss-reactive ketones (excluding diaryl/α,β-unsaturated/α-hetero) is 1. The van der Waals surface area contributed by atoms with Gasteiger partial charge in [0.05, 0.1) is 11.1 Å². The van der Waals surface area contributed by atoms with Crippen LogP contribution in [0.2, 0.25) is 0 Å². The van der Waals surface area contributed by atoms with Crippen molar-refractivity contribution in [2.75, 3.05) is 14.1 Å². The van der Waals surface area contributed by atoms with Crippen LogP contribution in [0, 0.1) is 6.92 Å².